The van der Waals surface area contributed by atoms with Gasteiger partial charge in [-0.1, -0.05) is 0 Å². The van der Waals surface area contributed by atoms with Crippen LogP contribution in [-0.4, -0.2) is 28.9 Å². The van der Waals surface area contributed by atoms with Crippen molar-refractivity contribution < 1.29 is 22.3 Å². The molecule has 0 aliphatic heterocycles. The molecule has 1 aromatic heterocycles. The first-order chi connectivity index (χ1) is 9.31. The molecule has 20 heavy (non-hydrogen) atoms. The lowest BCUT2D eigenvalue weighted by atomic mass is 10.3. The Hall–Kier alpha value is -0.710. The zero-order chi connectivity index (χ0) is 14.9. The van der Waals surface area contributed by atoms with Crippen LogP contribution in [0.5, 0.6) is 0 Å². The Labute approximate surface area is 126 Å². The highest BCUT2D eigenvalue weighted by molar-refractivity contribution is 14.1. The number of hydrogen-bond donors (Lipinski definition) is 1. The Morgan fingerprint density at radius 2 is 2.00 bits per heavy atom. The molecule has 2 rings (SSSR count). The van der Waals surface area contributed by atoms with Gasteiger partial charge in [0, 0.05) is 5.92 Å². The molecular weight excluding hydrogens is 393 g/mol. The molecule has 0 atom stereocenters. The normalized spacial score (nSPS) is 15.9. The number of nitrogens with two attached hydrogens (primary N) is 1. The maximum Gasteiger partial charge on any atom is 0.330 e. The number of halogens is 5. The molecule has 0 radical (unpaired) electrons. The minimum Gasteiger partial charge on any atom is -0.383 e. The van der Waals surface area contributed by atoms with Gasteiger partial charge in [-0.05, 0) is 35.4 Å². The molecule has 0 bridgehead atoms. The predicted molar refractivity (Wildman–Crippen MR) is 71.7 cm³/mol. The molecule has 2 N–H and O–H groups in total. The van der Waals surface area contributed by atoms with Crippen LogP contribution < -0.4 is 5.73 Å². The van der Waals surface area contributed by atoms with Crippen LogP contribution in [0.1, 0.15) is 30.3 Å². The second-order valence-electron chi connectivity index (χ2n) is 4.55. The Balaban J connectivity index is 2.00. The molecule has 4 nitrogen and oxygen atoms in total. The van der Waals surface area contributed by atoms with Crippen molar-refractivity contribution in [2.24, 2.45) is 0 Å². The molecular formula is C11H12F4IN3O. The molecule has 1 aromatic rings. The van der Waals surface area contributed by atoms with E-state index in [1.807, 2.05) is 22.6 Å². The summed E-state index contributed by atoms with van der Waals surface area (Å²) in [5.41, 5.74) is 6.49. The van der Waals surface area contributed by atoms with Crippen molar-refractivity contribution in [1.29, 1.82) is 0 Å². The Kier molecular flexibility index (Phi) is 4.67. The third kappa shape index (κ3) is 3.68. The van der Waals surface area contributed by atoms with E-state index < -0.39 is 19.0 Å². The number of hydrogen-bond acceptors (Lipinski definition) is 4. The van der Waals surface area contributed by atoms with E-state index in [1.165, 1.54) is 0 Å². The zero-order valence-corrected chi connectivity index (χ0v) is 12.4. The monoisotopic (exact) mass is 405 g/mol. The Morgan fingerprint density at radius 3 is 2.55 bits per heavy atom. The van der Waals surface area contributed by atoms with Gasteiger partial charge in [0.1, 0.15) is 19.0 Å². The van der Waals surface area contributed by atoms with Gasteiger partial charge in [-0.3, -0.25) is 0 Å². The van der Waals surface area contributed by atoms with Crippen LogP contribution in [0.3, 0.4) is 0 Å². The SMILES string of the molecule is Nc1nc(COCC(F)(F)C(F)F)nc(C2CC2)c1I. The van der Waals surface area contributed by atoms with Crippen LogP contribution in [0, 0.1) is 3.57 Å². The van der Waals surface area contributed by atoms with Crippen molar-refractivity contribution in [2.45, 2.75) is 37.7 Å². The number of nitrogen functional groups attached to an aromatic ring is 1. The second-order valence-corrected chi connectivity index (χ2v) is 5.63. The molecule has 1 heterocycles. The molecule has 0 aromatic carbocycles. The Bertz CT molecular complexity index is 497. The van der Waals surface area contributed by atoms with E-state index in [2.05, 4.69) is 14.7 Å². The highest BCUT2D eigenvalue weighted by atomic mass is 127. The van der Waals surface area contributed by atoms with Crippen molar-refractivity contribution in [2.75, 3.05) is 12.3 Å². The van der Waals surface area contributed by atoms with E-state index in [9.17, 15) is 17.6 Å². The molecule has 0 unspecified atom stereocenters. The van der Waals surface area contributed by atoms with Crippen LogP contribution >= 0.6 is 22.6 Å². The summed E-state index contributed by atoms with van der Waals surface area (Å²) in [4.78, 5) is 8.11. The minimum atomic E-state index is -4.17. The first-order valence-electron chi connectivity index (χ1n) is 5.86. The molecule has 0 saturated heterocycles. The first-order valence-corrected chi connectivity index (χ1v) is 6.94. The predicted octanol–water partition coefficient (Wildman–Crippen LogP) is 2.96. The van der Waals surface area contributed by atoms with Crippen molar-refractivity contribution in [1.82, 2.24) is 9.97 Å². The summed E-state index contributed by atoms with van der Waals surface area (Å²) in [7, 11) is 0. The van der Waals surface area contributed by atoms with E-state index in [0.29, 0.717) is 5.92 Å². The molecule has 1 aliphatic carbocycles. The van der Waals surface area contributed by atoms with Crippen molar-refractivity contribution in [3.05, 3.63) is 15.1 Å². The van der Waals surface area contributed by atoms with E-state index in [-0.39, 0.29) is 18.2 Å². The van der Waals surface area contributed by atoms with E-state index in [0.717, 1.165) is 22.1 Å². The average molecular weight is 405 g/mol. The van der Waals surface area contributed by atoms with Crippen molar-refractivity contribution in [3.8, 4) is 0 Å². The summed E-state index contributed by atoms with van der Waals surface area (Å²) in [6.07, 6.45) is -1.76. The van der Waals surface area contributed by atoms with Crippen LogP contribution in [-0.2, 0) is 11.3 Å². The van der Waals surface area contributed by atoms with Crippen LogP contribution in [0.4, 0.5) is 23.4 Å². The fourth-order valence-electron chi connectivity index (χ4n) is 1.57. The summed E-state index contributed by atoms with van der Waals surface area (Å²) in [6, 6.07) is 0. The topological polar surface area (TPSA) is 61.0 Å². The summed E-state index contributed by atoms with van der Waals surface area (Å²) in [5.74, 6) is -3.47. The fraction of sp³-hybridized carbons (Fsp3) is 0.636. The summed E-state index contributed by atoms with van der Waals surface area (Å²) < 4.78 is 54.6. The number of aromatic nitrogens is 2. The molecule has 1 saturated carbocycles. The second kappa shape index (κ2) is 5.96. The Morgan fingerprint density at radius 1 is 1.35 bits per heavy atom. The molecule has 1 fully saturated rings. The van der Waals surface area contributed by atoms with Gasteiger partial charge in [0.2, 0.25) is 0 Å². The number of alkyl halides is 4. The smallest absolute Gasteiger partial charge is 0.330 e. The third-order valence-electron chi connectivity index (χ3n) is 2.76. The van der Waals surface area contributed by atoms with Gasteiger partial charge in [-0.2, -0.15) is 8.78 Å². The largest absolute Gasteiger partial charge is 0.383 e. The zero-order valence-electron chi connectivity index (χ0n) is 10.3. The lowest BCUT2D eigenvalue weighted by molar-refractivity contribution is -0.168. The quantitative estimate of drug-likeness (QED) is 0.584. The van der Waals surface area contributed by atoms with Gasteiger partial charge in [0.05, 0.1) is 9.26 Å². The van der Waals surface area contributed by atoms with Crippen LogP contribution in [0.15, 0.2) is 0 Å². The molecule has 9 heteroatoms. The summed E-state index contributed by atoms with van der Waals surface area (Å²) in [5, 5.41) is 0. The van der Waals surface area contributed by atoms with Gasteiger partial charge in [0.15, 0.2) is 5.82 Å². The van der Waals surface area contributed by atoms with Crippen molar-refractivity contribution in [3.63, 3.8) is 0 Å². The van der Waals surface area contributed by atoms with Gasteiger partial charge in [-0.25, -0.2) is 18.7 Å². The van der Waals surface area contributed by atoms with Gasteiger partial charge >= 0.3 is 12.3 Å². The maximum absolute atomic E-state index is 12.7. The fourth-order valence-corrected chi connectivity index (χ4v) is 2.25. The van der Waals surface area contributed by atoms with Crippen LogP contribution in [0.25, 0.3) is 0 Å². The molecule has 1 aliphatic rings. The van der Waals surface area contributed by atoms with E-state index in [1.54, 1.807) is 0 Å². The lowest BCUT2D eigenvalue weighted by Crippen LogP contribution is -2.32. The minimum absolute atomic E-state index is 0.134. The van der Waals surface area contributed by atoms with Gasteiger partial charge in [0.25, 0.3) is 0 Å². The van der Waals surface area contributed by atoms with Gasteiger partial charge in [-0.15, -0.1) is 0 Å². The van der Waals surface area contributed by atoms with Gasteiger partial charge < -0.3 is 10.5 Å². The van der Waals surface area contributed by atoms with E-state index >= 15 is 0 Å². The molecule has 0 amide bonds. The third-order valence-corrected chi connectivity index (χ3v) is 3.86. The highest BCUT2D eigenvalue weighted by Gasteiger charge is 2.41. The first kappa shape index (κ1) is 15.7. The summed E-state index contributed by atoms with van der Waals surface area (Å²) >= 11 is 2.03. The highest BCUT2D eigenvalue weighted by Crippen LogP contribution is 2.41. The molecule has 112 valence electrons. The molecule has 0 spiro atoms. The van der Waals surface area contributed by atoms with E-state index in [4.69, 9.17) is 5.73 Å². The lowest BCUT2D eigenvalue weighted by Gasteiger charge is -2.15. The number of nitrogens with zero attached hydrogens (tertiary/aromatic N) is 2. The maximum atomic E-state index is 12.7. The average Bonchev–Trinajstić information content (AvgIpc) is 3.17. The standard InChI is InChI=1S/C11H12F4IN3O/c12-10(13)11(14,15)4-20-3-6-18-8(5-1-2-5)7(16)9(17)19-6/h5,10H,1-4H2,(H2,17,18,19). The number of anilines is 1. The van der Waals surface area contributed by atoms with Crippen LogP contribution in [0.2, 0.25) is 0 Å². The van der Waals surface area contributed by atoms with Crippen molar-refractivity contribution >= 4 is 28.4 Å². The number of rotatable bonds is 6. The number of ether oxygens (including phenoxy) is 1. The summed E-state index contributed by atoms with van der Waals surface area (Å²) in [6.45, 7) is -1.75.